The minimum atomic E-state index is -4.47. The number of methoxy groups -OCH3 is 2. The largest absolute Gasteiger partial charge is 0.497 e. The predicted octanol–water partition coefficient (Wildman–Crippen LogP) is 5.63. The van der Waals surface area contributed by atoms with Crippen LogP contribution in [0.15, 0.2) is 72.8 Å². The van der Waals surface area contributed by atoms with E-state index >= 15 is 0 Å². The van der Waals surface area contributed by atoms with Crippen molar-refractivity contribution in [2.24, 2.45) is 0 Å². The molecule has 0 unspecified atom stereocenters. The summed E-state index contributed by atoms with van der Waals surface area (Å²) in [5.74, 6) is 0.914. The molecule has 4 aromatic rings. The third-order valence-electron chi connectivity index (χ3n) is 5.27. The quantitative estimate of drug-likeness (QED) is 0.274. The Kier molecular flexibility index (Phi) is 8.12. The average molecular weight is 528 g/mol. The fourth-order valence-electron chi connectivity index (χ4n) is 3.43. The number of hydrogen-bond acceptors (Lipinski definition) is 6. The molecule has 0 atom stereocenters. The zero-order chi connectivity index (χ0) is 27.1. The Morgan fingerprint density at radius 1 is 0.921 bits per heavy atom. The second-order valence-corrected chi connectivity index (χ2v) is 7.90. The van der Waals surface area contributed by atoms with E-state index in [0.29, 0.717) is 35.0 Å². The van der Waals surface area contributed by atoms with Gasteiger partial charge >= 0.3 is 18.2 Å². The van der Waals surface area contributed by atoms with Gasteiger partial charge < -0.3 is 24.8 Å². The molecule has 3 aromatic carbocycles. The number of nitrogens with zero attached hydrogens (tertiary/aromatic N) is 3. The third-order valence-corrected chi connectivity index (χ3v) is 5.27. The van der Waals surface area contributed by atoms with Crippen LogP contribution in [-0.2, 0) is 10.9 Å². The van der Waals surface area contributed by atoms with Gasteiger partial charge in [-0.15, -0.1) is 5.10 Å². The van der Waals surface area contributed by atoms with E-state index in [9.17, 15) is 18.0 Å². The Morgan fingerprint density at radius 3 is 2.29 bits per heavy atom. The molecule has 2 N–H and O–H groups in total. The number of urea groups is 1. The van der Waals surface area contributed by atoms with Gasteiger partial charge in [0.2, 0.25) is 0 Å². The summed E-state index contributed by atoms with van der Waals surface area (Å²) in [4.78, 5) is 16.9. The molecule has 0 fully saturated rings. The highest BCUT2D eigenvalue weighted by molar-refractivity contribution is 5.99. The van der Waals surface area contributed by atoms with Crippen LogP contribution in [0, 0.1) is 0 Å². The molecule has 12 heteroatoms. The van der Waals surface area contributed by atoms with Gasteiger partial charge in [-0.05, 0) is 54.6 Å². The van der Waals surface area contributed by atoms with E-state index in [1.165, 1.54) is 23.9 Å². The number of nitrogens with one attached hydrogen (secondary N) is 2. The maximum absolute atomic E-state index is 13.1. The Morgan fingerprint density at radius 2 is 1.63 bits per heavy atom. The number of aromatic nitrogens is 3. The standard InChI is InChI=1S/C26H24F3N5O4/c1-36-14-15-38-25-32-23(17-6-8-18(9-7-17)26(27,28)29)34(33-25)21-5-3-4-20(16-21)31-24(35)30-19-10-12-22(37-2)13-11-19/h3-13,16H,14-15H2,1-2H3,(H2,30,31,35). The number of carbonyl (C=O) groups excluding carboxylic acids is 1. The minimum absolute atomic E-state index is 0.0209. The Balaban J connectivity index is 1.59. The molecule has 9 nitrogen and oxygen atoms in total. The topological polar surface area (TPSA) is 99.5 Å². The molecule has 0 saturated heterocycles. The number of halogens is 3. The van der Waals surface area contributed by atoms with Crippen LogP contribution >= 0.6 is 0 Å². The van der Waals surface area contributed by atoms with Crippen LogP contribution in [0.3, 0.4) is 0 Å². The van der Waals surface area contributed by atoms with E-state index in [4.69, 9.17) is 14.2 Å². The number of anilines is 2. The van der Waals surface area contributed by atoms with E-state index < -0.39 is 17.8 Å². The molecule has 0 aliphatic carbocycles. The van der Waals surface area contributed by atoms with E-state index in [1.54, 1.807) is 55.6 Å². The van der Waals surface area contributed by atoms with E-state index in [1.807, 2.05) is 0 Å². The zero-order valence-corrected chi connectivity index (χ0v) is 20.5. The molecule has 2 amide bonds. The number of rotatable bonds is 9. The predicted molar refractivity (Wildman–Crippen MR) is 135 cm³/mol. The molecule has 0 bridgehead atoms. The van der Waals surface area contributed by atoms with Gasteiger partial charge in [-0.3, -0.25) is 0 Å². The number of carbonyl (C=O) groups is 1. The lowest BCUT2D eigenvalue weighted by Gasteiger charge is -2.11. The van der Waals surface area contributed by atoms with Crippen molar-refractivity contribution >= 4 is 17.4 Å². The normalized spacial score (nSPS) is 11.2. The summed E-state index contributed by atoms with van der Waals surface area (Å²) in [6, 6.07) is 17.7. The van der Waals surface area contributed by atoms with Gasteiger partial charge in [0.05, 0.1) is 25.0 Å². The lowest BCUT2D eigenvalue weighted by molar-refractivity contribution is -0.137. The molecule has 198 valence electrons. The first-order chi connectivity index (χ1) is 18.3. The van der Waals surface area contributed by atoms with Crippen molar-refractivity contribution in [1.82, 2.24) is 14.8 Å². The highest BCUT2D eigenvalue weighted by Gasteiger charge is 2.30. The van der Waals surface area contributed by atoms with Crippen molar-refractivity contribution in [2.45, 2.75) is 6.18 Å². The summed E-state index contributed by atoms with van der Waals surface area (Å²) >= 11 is 0. The summed E-state index contributed by atoms with van der Waals surface area (Å²) in [7, 11) is 3.07. The fraction of sp³-hybridized carbons (Fsp3) is 0.192. The second-order valence-electron chi connectivity index (χ2n) is 7.90. The summed E-state index contributed by atoms with van der Waals surface area (Å²) in [5, 5.41) is 9.84. The third kappa shape index (κ3) is 6.59. The monoisotopic (exact) mass is 527 g/mol. The highest BCUT2D eigenvalue weighted by atomic mass is 19.4. The maximum atomic E-state index is 13.1. The molecule has 38 heavy (non-hydrogen) atoms. The lowest BCUT2D eigenvalue weighted by atomic mass is 10.1. The van der Waals surface area contributed by atoms with Gasteiger partial charge in [0.1, 0.15) is 12.4 Å². The first-order valence-electron chi connectivity index (χ1n) is 11.4. The summed E-state index contributed by atoms with van der Waals surface area (Å²) in [5.41, 5.74) is 1.12. The van der Waals surface area contributed by atoms with Gasteiger partial charge in [-0.2, -0.15) is 18.2 Å². The van der Waals surface area contributed by atoms with Crippen LogP contribution in [0.2, 0.25) is 0 Å². The molecule has 4 rings (SSSR count). The number of benzene rings is 3. The van der Waals surface area contributed by atoms with Crippen molar-refractivity contribution < 1.29 is 32.2 Å². The van der Waals surface area contributed by atoms with Crippen LogP contribution in [0.4, 0.5) is 29.3 Å². The summed E-state index contributed by atoms with van der Waals surface area (Å²) < 4.78 is 56.2. The van der Waals surface area contributed by atoms with Crippen molar-refractivity contribution in [2.75, 3.05) is 38.1 Å². The number of ether oxygens (including phenoxy) is 3. The Labute approximate surface area is 216 Å². The van der Waals surface area contributed by atoms with Crippen molar-refractivity contribution in [3.8, 4) is 28.8 Å². The van der Waals surface area contributed by atoms with Crippen molar-refractivity contribution in [3.63, 3.8) is 0 Å². The minimum Gasteiger partial charge on any atom is -0.497 e. The SMILES string of the molecule is COCCOc1nc(-c2ccc(C(F)(F)F)cc2)n(-c2cccc(NC(=O)Nc3ccc(OC)cc3)c2)n1. The molecule has 0 aliphatic rings. The fourth-order valence-corrected chi connectivity index (χ4v) is 3.43. The van der Waals surface area contributed by atoms with Gasteiger partial charge in [-0.25, -0.2) is 9.48 Å². The van der Waals surface area contributed by atoms with Crippen molar-refractivity contribution in [3.05, 3.63) is 78.4 Å². The number of amides is 2. The molecular formula is C26H24F3N5O4. The molecule has 1 heterocycles. The van der Waals surface area contributed by atoms with Crippen LogP contribution in [0.5, 0.6) is 11.8 Å². The van der Waals surface area contributed by atoms with Gasteiger partial charge in [0, 0.05) is 24.0 Å². The summed E-state index contributed by atoms with van der Waals surface area (Å²) in [6.07, 6.45) is -4.47. The highest BCUT2D eigenvalue weighted by Crippen LogP contribution is 2.32. The van der Waals surface area contributed by atoms with Gasteiger partial charge in [-0.1, -0.05) is 18.2 Å². The zero-order valence-electron chi connectivity index (χ0n) is 20.5. The number of alkyl halides is 3. The van der Waals surface area contributed by atoms with Crippen LogP contribution in [-0.4, -0.2) is 48.2 Å². The van der Waals surface area contributed by atoms with Crippen molar-refractivity contribution in [1.29, 1.82) is 0 Å². The maximum Gasteiger partial charge on any atom is 0.416 e. The van der Waals surface area contributed by atoms with E-state index in [2.05, 4.69) is 20.7 Å². The summed E-state index contributed by atoms with van der Waals surface area (Å²) in [6.45, 7) is 0.479. The van der Waals surface area contributed by atoms with E-state index in [-0.39, 0.29) is 18.4 Å². The number of hydrogen-bond donors (Lipinski definition) is 2. The lowest BCUT2D eigenvalue weighted by Crippen LogP contribution is -2.19. The van der Waals surface area contributed by atoms with Crippen LogP contribution < -0.4 is 20.1 Å². The Hall–Kier alpha value is -4.58. The molecule has 1 aromatic heterocycles. The van der Waals surface area contributed by atoms with Gasteiger partial charge in [0.15, 0.2) is 5.82 Å². The van der Waals surface area contributed by atoms with Gasteiger partial charge in [0.25, 0.3) is 0 Å². The average Bonchev–Trinajstić information content (AvgIpc) is 3.33. The molecule has 0 radical (unpaired) electrons. The molecule has 0 saturated carbocycles. The second kappa shape index (κ2) is 11.6. The first-order valence-corrected chi connectivity index (χ1v) is 11.4. The molecular weight excluding hydrogens is 503 g/mol. The smallest absolute Gasteiger partial charge is 0.416 e. The van der Waals surface area contributed by atoms with Crippen LogP contribution in [0.25, 0.3) is 17.1 Å². The molecule has 0 aliphatic heterocycles. The molecule has 0 spiro atoms. The van der Waals surface area contributed by atoms with Crippen LogP contribution in [0.1, 0.15) is 5.56 Å². The van der Waals surface area contributed by atoms with E-state index in [0.717, 1.165) is 12.1 Å². The Bertz CT molecular complexity index is 1370. The first kappa shape index (κ1) is 26.5.